The maximum absolute atomic E-state index is 12.2. The van der Waals surface area contributed by atoms with Crippen molar-refractivity contribution in [3.63, 3.8) is 0 Å². The van der Waals surface area contributed by atoms with Gasteiger partial charge in [0.25, 0.3) is 5.91 Å². The Kier molecular flexibility index (Phi) is 6.52. The van der Waals surface area contributed by atoms with Crippen LogP contribution in [0.5, 0.6) is 5.75 Å². The molecule has 6 nitrogen and oxygen atoms in total. The third-order valence-electron chi connectivity index (χ3n) is 3.69. The maximum Gasteiger partial charge on any atom is 0.308 e. The molecule has 1 aromatic heterocycles. The molecule has 2 aromatic rings. The minimum Gasteiger partial charge on any atom is -0.494 e. The van der Waals surface area contributed by atoms with Crippen LogP contribution in [0, 0.1) is 19.8 Å². The molecule has 1 heterocycles. The summed E-state index contributed by atoms with van der Waals surface area (Å²) in [7, 11) is 0. The van der Waals surface area contributed by atoms with E-state index in [1.54, 1.807) is 0 Å². The van der Waals surface area contributed by atoms with Crippen LogP contribution in [0.3, 0.4) is 0 Å². The zero-order valence-corrected chi connectivity index (χ0v) is 15.4. The Morgan fingerprint density at radius 2 is 1.96 bits per heavy atom. The summed E-state index contributed by atoms with van der Waals surface area (Å²) in [6.45, 7) is 6.20. The van der Waals surface area contributed by atoms with Gasteiger partial charge >= 0.3 is 5.97 Å². The van der Waals surface area contributed by atoms with Crippen LogP contribution < -0.4 is 10.1 Å². The van der Waals surface area contributed by atoms with Crippen molar-refractivity contribution >= 4 is 23.2 Å². The van der Waals surface area contributed by atoms with Gasteiger partial charge in [-0.1, -0.05) is 12.1 Å². The number of aliphatic carboxylic acids is 1. The number of hydrogen-bond acceptors (Lipinski definition) is 5. The lowest BCUT2D eigenvalue weighted by atomic mass is 9.99. The second-order valence-corrected chi connectivity index (χ2v) is 7.07. The van der Waals surface area contributed by atoms with Crippen molar-refractivity contribution in [3.05, 3.63) is 45.4 Å². The molecule has 2 rings (SSSR count). The van der Waals surface area contributed by atoms with Crippen LogP contribution in [0.2, 0.25) is 0 Å². The Hall–Kier alpha value is -2.41. The summed E-state index contributed by atoms with van der Waals surface area (Å²) in [4.78, 5) is 28.7. The number of amides is 1. The van der Waals surface area contributed by atoms with E-state index in [1.807, 2.05) is 45.0 Å². The number of ether oxygens (including phenoxy) is 1. The summed E-state index contributed by atoms with van der Waals surface area (Å²) in [5.74, 6) is -1.23. The molecule has 7 heteroatoms. The predicted molar refractivity (Wildman–Crippen MR) is 96.4 cm³/mol. The summed E-state index contributed by atoms with van der Waals surface area (Å²) in [6.07, 6.45) is 0.330. The van der Waals surface area contributed by atoms with Crippen molar-refractivity contribution in [2.45, 2.75) is 27.2 Å². The first kappa shape index (κ1) is 18.9. The van der Waals surface area contributed by atoms with Crippen LogP contribution in [0.15, 0.2) is 24.3 Å². The molecule has 0 aliphatic rings. The first-order valence-electron chi connectivity index (χ1n) is 8.07. The third kappa shape index (κ3) is 5.29. The Morgan fingerprint density at radius 3 is 2.48 bits per heavy atom. The van der Waals surface area contributed by atoms with Crippen LogP contribution in [0.4, 0.5) is 0 Å². The second kappa shape index (κ2) is 8.62. The monoisotopic (exact) mass is 362 g/mol. The quantitative estimate of drug-likeness (QED) is 0.754. The first-order chi connectivity index (χ1) is 11.9. The number of aromatic nitrogens is 1. The fourth-order valence-corrected chi connectivity index (χ4v) is 3.27. The molecule has 134 valence electrons. The van der Waals surface area contributed by atoms with Gasteiger partial charge in [0.2, 0.25) is 0 Å². The average Bonchev–Trinajstić information content (AvgIpc) is 2.91. The number of carboxylic acid groups (broad SMARTS) is 1. The maximum atomic E-state index is 12.2. The zero-order valence-electron chi connectivity index (χ0n) is 14.5. The molecule has 0 aliphatic carbocycles. The summed E-state index contributed by atoms with van der Waals surface area (Å²) < 4.78 is 5.38. The molecule has 1 unspecified atom stereocenters. The molecule has 0 spiro atoms. The number of rotatable bonds is 8. The van der Waals surface area contributed by atoms with Gasteiger partial charge in [0.1, 0.15) is 11.4 Å². The molecule has 0 saturated carbocycles. The lowest BCUT2D eigenvalue weighted by Crippen LogP contribution is -2.34. The van der Waals surface area contributed by atoms with Crippen molar-refractivity contribution in [2.24, 2.45) is 5.92 Å². The van der Waals surface area contributed by atoms with Crippen LogP contribution in [-0.4, -0.2) is 35.1 Å². The van der Waals surface area contributed by atoms with Crippen molar-refractivity contribution in [1.29, 1.82) is 0 Å². The summed E-state index contributed by atoms with van der Waals surface area (Å²) in [6, 6.07) is 7.32. The van der Waals surface area contributed by atoms with E-state index in [1.165, 1.54) is 11.3 Å². The number of nitrogens with one attached hydrogen (secondary N) is 1. The highest BCUT2D eigenvalue weighted by atomic mass is 32.1. The molecule has 1 atom stereocenters. The normalized spacial score (nSPS) is 11.8. The molecule has 0 fully saturated rings. The molecule has 0 saturated heterocycles. The van der Waals surface area contributed by atoms with Crippen LogP contribution in [0.1, 0.15) is 32.9 Å². The largest absolute Gasteiger partial charge is 0.494 e. The van der Waals surface area contributed by atoms with Crippen LogP contribution >= 0.6 is 11.3 Å². The van der Waals surface area contributed by atoms with Gasteiger partial charge in [0.15, 0.2) is 0 Å². The molecule has 1 amide bonds. The first-order valence-corrected chi connectivity index (χ1v) is 8.89. The Bertz CT molecular complexity index is 740. The van der Waals surface area contributed by atoms with E-state index >= 15 is 0 Å². The number of thiazole rings is 1. The van der Waals surface area contributed by atoms with E-state index in [2.05, 4.69) is 10.3 Å². The van der Waals surface area contributed by atoms with Gasteiger partial charge in [-0.25, -0.2) is 4.98 Å². The fraction of sp³-hybridized carbons (Fsp3) is 0.389. The van der Waals surface area contributed by atoms with Gasteiger partial charge in [0, 0.05) is 11.4 Å². The second-order valence-electron chi connectivity index (χ2n) is 5.66. The standard InChI is InChI=1S/C18H22N2O4S/c1-4-24-15-7-5-13(6-8-15)9-14(18(22)23)10-19-17(21)16-11(2)25-12(3)20-16/h5-8,14H,4,9-10H2,1-3H3,(H,19,21)(H,22,23). The van der Waals surface area contributed by atoms with E-state index in [0.29, 0.717) is 18.7 Å². The van der Waals surface area contributed by atoms with E-state index < -0.39 is 11.9 Å². The predicted octanol–water partition coefficient (Wildman–Crippen LogP) is 2.83. The Morgan fingerprint density at radius 1 is 1.28 bits per heavy atom. The summed E-state index contributed by atoms with van der Waals surface area (Å²) in [5.41, 5.74) is 1.25. The van der Waals surface area contributed by atoms with Crippen molar-refractivity contribution in [3.8, 4) is 5.75 Å². The smallest absolute Gasteiger partial charge is 0.308 e. The van der Waals surface area contributed by atoms with Gasteiger partial charge in [0.05, 0.1) is 17.5 Å². The van der Waals surface area contributed by atoms with Crippen LogP contribution in [-0.2, 0) is 11.2 Å². The molecule has 0 bridgehead atoms. The number of carbonyl (C=O) groups is 2. The van der Waals surface area contributed by atoms with E-state index in [-0.39, 0.29) is 12.5 Å². The molecular formula is C18H22N2O4S. The number of nitrogens with zero attached hydrogens (tertiary/aromatic N) is 1. The molecule has 2 N–H and O–H groups in total. The van der Waals surface area contributed by atoms with E-state index in [9.17, 15) is 14.7 Å². The zero-order chi connectivity index (χ0) is 18.4. The van der Waals surface area contributed by atoms with Gasteiger partial charge in [-0.05, 0) is 44.9 Å². The third-order valence-corrected chi connectivity index (χ3v) is 4.58. The summed E-state index contributed by atoms with van der Waals surface area (Å²) in [5, 5.41) is 12.9. The topological polar surface area (TPSA) is 88.5 Å². The minimum atomic E-state index is -0.944. The number of carbonyl (C=O) groups excluding carboxylic acids is 1. The lowest BCUT2D eigenvalue weighted by molar-refractivity contribution is -0.141. The molecule has 25 heavy (non-hydrogen) atoms. The van der Waals surface area contributed by atoms with Gasteiger partial charge in [-0.3, -0.25) is 9.59 Å². The average molecular weight is 362 g/mol. The Labute approximate surface area is 150 Å². The summed E-state index contributed by atoms with van der Waals surface area (Å²) >= 11 is 1.45. The molecular weight excluding hydrogens is 340 g/mol. The Balaban J connectivity index is 1.97. The minimum absolute atomic E-state index is 0.0530. The highest BCUT2D eigenvalue weighted by molar-refractivity contribution is 7.11. The van der Waals surface area contributed by atoms with Gasteiger partial charge in [-0.15, -0.1) is 11.3 Å². The highest BCUT2D eigenvalue weighted by Gasteiger charge is 2.21. The van der Waals surface area contributed by atoms with Crippen molar-refractivity contribution in [1.82, 2.24) is 10.3 Å². The molecule has 0 aliphatic heterocycles. The van der Waals surface area contributed by atoms with Crippen molar-refractivity contribution < 1.29 is 19.4 Å². The SMILES string of the molecule is CCOc1ccc(CC(CNC(=O)c2nc(C)sc2C)C(=O)O)cc1. The van der Waals surface area contributed by atoms with Crippen molar-refractivity contribution in [2.75, 3.05) is 13.2 Å². The number of aryl methyl sites for hydroxylation is 2. The van der Waals surface area contributed by atoms with E-state index in [4.69, 9.17) is 4.74 Å². The van der Waals surface area contributed by atoms with Crippen LogP contribution in [0.25, 0.3) is 0 Å². The molecule has 0 radical (unpaired) electrons. The highest BCUT2D eigenvalue weighted by Crippen LogP contribution is 2.17. The van der Waals surface area contributed by atoms with Gasteiger partial charge in [-0.2, -0.15) is 0 Å². The van der Waals surface area contributed by atoms with E-state index in [0.717, 1.165) is 21.2 Å². The van der Waals surface area contributed by atoms with Gasteiger partial charge < -0.3 is 15.2 Å². The number of benzene rings is 1. The number of hydrogen-bond donors (Lipinski definition) is 2. The fourth-order valence-electron chi connectivity index (χ4n) is 2.46. The number of carboxylic acids is 1. The molecule has 1 aromatic carbocycles. The lowest BCUT2D eigenvalue weighted by Gasteiger charge is -2.14.